The molecule has 12 nitrogen and oxygen atoms in total. The van der Waals surface area contributed by atoms with Gasteiger partial charge in [0.15, 0.2) is 0 Å². The van der Waals surface area contributed by atoms with E-state index < -0.39 is 11.2 Å². The van der Waals surface area contributed by atoms with Crippen LogP contribution in [0.4, 0.5) is 10.6 Å². The number of nitrogens with zero attached hydrogens (tertiary/aromatic N) is 3. The number of carbonyl (C=O) groups excluding carboxylic acids is 3. The predicted octanol–water partition coefficient (Wildman–Crippen LogP) is 7.80. The van der Waals surface area contributed by atoms with Crippen LogP contribution in [-0.2, 0) is 36.4 Å². The van der Waals surface area contributed by atoms with Gasteiger partial charge < -0.3 is 28.7 Å². The molecule has 2 amide bonds. The molecule has 1 N–H and O–H groups in total. The van der Waals surface area contributed by atoms with Crippen molar-refractivity contribution in [1.82, 2.24) is 10.3 Å². The van der Waals surface area contributed by atoms with E-state index >= 15 is 0 Å². The molecular weight excluding hydrogens is 769 g/mol. The zero-order valence-corrected chi connectivity index (χ0v) is 35.8. The largest absolute Gasteiger partial charge is 0.492 e. The Balaban J connectivity index is 0.975. The number of imide groups is 1. The summed E-state index contributed by atoms with van der Waals surface area (Å²) in [5.41, 5.74) is 7.83. The molecule has 1 atom stereocenters. The Morgan fingerprint density at radius 3 is 2.22 bits per heavy atom. The Hall–Kier alpha value is -5.40. The molecule has 6 rings (SSSR count). The van der Waals surface area contributed by atoms with Gasteiger partial charge in [-0.25, -0.2) is 4.79 Å². The third-order valence-corrected chi connectivity index (χ3v) is 11.9. The fourth-order valence-electron chi connectivity index (χ4n) is 7.21. The van der Waals surface area contributed by atoms with Crippen molar-refractivity contribution < 1.29 is 38.2 Å². The Morgan fingerprint density at radius 1 is 0.864 bits per heavy atom. The molecule has 312 valence electrons. The number of benzene rings is 3. The standard InChI is InChI=1S/C46H54N4O8S/c1-30-27-36-37(46(4,5)20-19-45(36,2)3)29-35(30)41(32-13-15-33(16-14-32)43(52)54-7)49-58-26-24-55-23-25-57-40-10-8-9-39(47-40)50(6)21-22-56-34-17-11-31(12-18-34)28-38-42(51)48-44(53)59-38/h8-18,27,29,38H,19-26,28H2,1-7H3,(H,48,51,53)/b49-41-. The highest BCUT2D eigenvalue weighted by Crippen LogP contribution is 2.46. The number of oxime groups is 1. The molecule has 0 saturated carbocycles. The van der Waals surface area contributed by atoms with Crippen LogP contribution in [0, 0.1) is 6.92 Å². The van der Waals surface area contributed by atoms with Crippen LogP contribution in [-0.4, -0.2) is 86.8 Å². The molecule has 1 unspecified atom stereocenters. The van der Waals surface area contributed by atoms with Crippen molar-refractivity contribution in [3.63, 3.8) is 0 Å². The molecule has 1 aromatic heterocycles. The number of esters is 1. The average Bonchev–Trinajstić information content (AvgIpc) is 3.54. The number of pyridine rings is 1. The van der Waals surface area contributed by atoms with E-state index in [2.05, 4.69) is 62.2 Å². The molecule has 2 heterocycles. The van der Waals surface area contributed by atoms with Crippen molar-refractivity contribution in [3.05, 3.63) is 118 Å². The number of likely N-dealkylation sites (N-methyl/N-ethyl adjacent to an activating group) is 1. The summed E-state index contributed by atoms with van der Waals surface area (Å²) in [6.45, 7) is 13.6. The number of thioether (sulfide) groups is 1. The van der Waals surface area contributed by atoms with E-state index in [0.717, 1.165) is 52.7 Å². The summed E-state index contributed by atoms with van der Waals surface area (Å²) >= 11 is 1.03. The second kappa shape index (κ2) is 19.1. The maximum absolute atomic E-state index is 12.2. The minimum absolute atomic E-state index is 0.0183. The lowest BCUT2D eigenvalue weighted by atomic mass is 9.62. The number of aromatic nitrogens is 1. The summed E-state index contributed by atoms with van der Waals surface area (Å²) < 4.78 is 22.5. The van der Waals surface area contributed by atoms with Crippen LogP contribution in [0.1, 0.15) is 84.3 Å². The van der Waals surface area contributed by atoms with Gasteiger partial charge in [-0.3, -0.25) is 14.9 Å². The van der Waals surface area contributed by atoms with E-state index in [-0.39, 0.29) is 28.6 Å². The summed E-state index contributed by atoms with van der Waals surface area (Å²) in [5, 5.41) is 6.28. The molecule has 3 aromatic carbocycles. The highest BCUT2D eigenvalue weighted by molar-refractivity contribution is 8.15. The normalized spacial score (nSPS) is 16.9. The number of fused-ring (bicyclic) bond motifs is 1. The number of nitrogens with one attached hydrogen (secondary N) is 1. The van der Waals surface area contributed by atoms with Crippen molar-refractivity contribution in [3.8, 4) is 11.6 Å². The number of methoxy groups -OCH3 is 1. The lowest BCUT2D eigenvalue weighted by molar-refractivity contribution is -0.118. The number of hydrogen-bond acceptors (Lipinski definition) is 12. The lowest BCUT2D eigenvalue weighted by Gasteiger charge is -2.42. The molecule has 1 fully saturated rings. The number of anilines is 1. The van der Waals surface area contributed by atoms with Gasteiger partial charge in [-0.1, -0.05) is 81.0 Å². The maximum atomic E-state index is 12.2. The average molecular weight is 823 g/mol. The SMILES string of the molecule is COC(=O)c1ccc(/C(=N/OCCOCCOc2cccc(N(C)CCOc3ccc(CC4SC(=O)NC4=O)cc3)n2)c2cc3c(cc2C)C(C)(C)CCC3(C)C)cc1. The van der Waals surface area contributed by atoms with Crippen LogP contribution < -0.4 is 19.7 Å². The van der Waals surface area contributed by atoms with Gasteiger partial charge in [-0.15, -0.1) is 0 Å². The van der Waals surface area contributed by atoms with Crippen molar-refractivity contribution >= 4 is 40.4 Å². The van der Waals surface area contributed by atoms with Gasteiger partial charge in [-0.05, 0) is 95.7 Å². The Kier molecular flexibility index (Phi) is 14.0. The quantitative estimate of drug-likeness (QED) is 0.0456. The molecular formula is C46H54N4O8S. The molecule has 1 aliphatic heterocycles. The first-order valence-corrected chi connectivity index (χ1v) is 20.8. The van der Waals surface area contributed by atoms with Gasteiger partial charge in [0.2, 0.25) is 11.8 Å². The minimum Gasteiger partial charge on any atom is -0.492 e. The highest BCUT2D eigenvalue weighted by Gasteiger charge is 2.38. The highest BCUT2D eigenvalue weighted by atomic mass is 32.2. The van der Waals surface area contributed by atoms with Gasteiger partial charge in [0.1, 0.15) is 37.1 Å². The van der Waals surface area contributed by atoms with Crippen LogP contribution >= 0.6 is 11.8 Å². The Morgan fingerprint density at radius 2 is 1.54 bits per heavy atom. The molecule has 1 saturated heterocycles. The predicted molar refractivity (Wildman–Crippen MR) is 230 cm³/mol. The van der Waals surface area contributed by atoms with Crippen LogP contribution in [0.5, 0.6) is 11.6 Å². The van der Waals surface area contributed by atoms with Gasteiger partial charge in [-0.2, -0.15) is 4.98 Å². The van der Waals surface area contributed by atoms with Crippen molar-refractivity contribution in [2.24, 2.45) is 5.16 Å². The summed E-state index contributed by atoms with van der Waals surface area (Å²) in [4.78, 5) is 47.9. The van der Waals surface area contributed by atoms with Crippen molar-refractivity contribution in [2.45, 2.75) is 70.0 Å². The lowest BCUT2D eigenvalue weighted by Crippen LogP contribution is -2.34. The van der Waals surface area contributed by atoms with Crippen LogP contribution in [0.2, 0.25) is 0 Å². The first kappa shape index (κ1) is 43.2. The fraction of sp³-hybridized carbons (Fsp3) is 0.413. The van der Waals surface area contributed by atoms with E-state index in [9.17, 15) is 14.4 Å². The Bertz CT molecular complexity index is 2150. The number of carbonyl (C=O) groups is 3. The number of hydrogen-bond donors (Lipinski definition) is 1. The first-order valence-electron chi connectivity index (χ1n) is 19.9. The number of aryl methyl sites for hydroxylation is 1. The van der Waals surface area contributed by atoms with Gasteiger partial charge in [0.05, 0.1) is 37.7 Å². The van der Waals surface area contributed by atoms with Crippen LogP contribution in [0.15, 0.2) is 84.0 Å². The molecule has 0 spiro atoms. The molecule has 2 aliphatic rings. The topological polar surface area (TPSA) is 138 Å². The zero-order valence-electron chi connectivity index (χ0n) is 35.0. The first-order chi connectivity index (χ1) is 28.2. The smallest absolute Gasteiger partial charge is 0.337 e. The molecule has 4 aromatic rings. The van der Waals surface area contributed by atoms with E-state index in [1.54, 1.807) is 18.2 Å². The van der Waals surface area contributed by atoms with Crippen molar-refractivity contribution in [1.29, 1.82) is 0 Å². The third kappa shape index (κ3) is 11.0. The summed E-state index contributed by atoms with van der Waals surface area (Å²) in [6.07, 6.45) is 2.71. The van der Waals surface area contributed by atoms with E-state index in [1.807, 2.05) is 60.5 Å². The van der Waals surface area contributed by atoms with Crippen molar-refractivity contribution in [2.75, 3.05) is 58.6 Å². The zero-order chi connectivity index (χ0) is 42.2. The summed E-state index contributed by atoms with van der Waals surface area (Å²) in [6, 6.07) is 25.0. The minimum atomic E-state index is -0.396. The third-order valence-electron chi connectivity index (χ3n) is 10.9. The van der Waals surface area contributed by atoms with Gasteiger partial charge in [0.25, 0.3) is 5.24 Å². The second-order valence-electron chi connectivity index (χ2n) is 16.1. The van der Waals surface area contributed by atoms with Gasteiger partial charge >= 0.3 is 5.97 Å². The summed E-state index contributed by atoms with van der Waals surface area (Å²) in [5.74, 6) is 1.31. The second-order valence-corrected chi connectivity index (χ2v) is 17.3. The molecule has 13 heteroatoms. The number of ether oxygens (including phenoxy) is 4. The Labute approximate surface area is 351 Å². The number of rotatable bonds is 18. The summed E-state index contributed by atoms with van der Waals surface area (Å²) in [7, 11) is 3.31. The van der Waals surface area contributed by atoms with Crippen LogP contribution in [0.25, 0.3) is 0 Å². The molecule has 59 heavy (non-hydrogen) atoms. The maximum Gasteiger partial charge on any atom is 0.337 e. The van der Waals surface area contributed by atoms with E-state index in [0.29, 0.717) is 62.3 Å². The molecule has 1 aliphatic carbocycles. The molecule has 0 bridgehead atoms. The fourth-order valence-corrected chi connectivity index (χ4v) is 8.07. The van der Waals surface area contributed by atoms with Gasteiger partial charge in [0, 0.05) is 24.2 Å². The van der Waals surface area contributed by atoms with E-state index in [1.165, 1.54) is 18.2 Å². The van der Waals surface area contributed by atoms with Crippen LogP contribution in [0.3, 0.4) is 0 Å². The van der Waals surface area contributed by atoms with E-state index in [4.69, 9.17) is 23.8 Å². The number of amides is 2. The molecule has 0 radical (unpaired) electrons. The monoisotopic (exact) mass is 822 g/mol.